The molecule has 0 aliphatic carbocycles. The third-order valence-electron chi connectivity index (χ3n) is 3.34. The van der Waals surface area contributed by atoms with Gasteiger partial charge in [-0.1, -0.05) is 6.92 Å². The Hall–Kier alpha value is -0.870. The van der Waals surface area contributed by atoms with Crippen molar-refractivity contribution in [3.05, 3.63) is 28.2 Å². The Balaban J connectivity index is 2.18. The molecule has 2 rings (SSSR count). The van der Waals surface area contributed by atoms with Crippen molar-refractivity contribution in [1.29, 1.82) is 0 Å². The first-order valence-corrected chi connectivity index (χ1v) is 6.59. The van der Waals surface area contributed by atoms with Crippen molar-refractivity contribution >= 4 is 27.9 Å². The number of anilines is 1. The fourth-order valence-corrected chi connectivity index (χ4v) is 2.64. The maximum atomic E-state index is 10.7. The standard InChI is InChI=1S/C13H16BrNO2/c1-9-7-15(5-4-13(9)17)11-3-2-10(8-16)12(14)6-11/h2-3,6,8-9,13,17H,4-5,7H2,1H3. The van der Waals surface area contributed by atoms with Crippen LogP contribution in [0.5, 0.6) is 0 Å². The Bertz CT molecular complexity index is 422. The highest BCUT2D eigenvalue weighted by Crippen LogP contribution is 2.27. The number of hydrogen-bond donors (Lipinski definition) is 1. The molecule has 0 aromatic heterocycles. The van der Waals surface area contributed by atoms with Crippen LogP contribution < -0.4 is 4.90 Å². The summed E-state index contributed by atoms with van der Waals surface area (Å²) in [5, 5.41) is 9.70. The van der Waals surface area contributed by atoms with Gasteiger partial charge in [0.2, 0.25) is 0 Å². The Morgan fingerprint density at radius 3 is 2.88 bits per heavy atom. The maximum absolute atomic E-state index is 10.7. The molecule has 1 saturated heterocycles. The monoisotopic (exact) mass is 297 g/mol. The molecule has 1 aromatic rings. The van der Waals surface area contributed by atoms with Crippen LogP contribution in [0.3, 0.4) is 0 Å². The van der Waals surface area contributed by atoms with Gasteiger partial charge in [-0.25, -0.2) is 0 Å². The Kier molecular flexibility index (Phi) is 3.84. The molecule has 0 bridgehead atoms. The van der Waals surface area contributed by atoms with Crippen molar-refractivity contribution in [2.75, 3.05) is 18.0 Å². The van der Waals surface area contributed by atoms with Gasteiger partial charge in [-0.15, -0.1) is 0 Å². The fraction of sp³-hybridized carbons (Fsp3) is 0.462. The summed E-state index contributed by atoms with van der Waals surface area (Å²) in [6.45, 7) is 3.78. The molecule has 1 aliphatic heterocycles. The van der Waals surface area contributed by atoms with Gasteiger partial charge in [0.15, 0.2) is 6.29 Å². The third-order valence-corrected chi connectivity index (χ3v) is 4.02. The number of piperidine rings is 1. The van der Waals surface area contributed by atoms with Gasteiger partial charge in [-0.3, -0.25) is 4.79 Å². The van der Waals surface area contributed by atoms with E-state index in [0.29, 0.717) is 5.56 Å². The SMILES string of the molecule is CC1CN(c2ccc(C=O)c(Br)c2)CCC1O. The molecule has 1 aromatic carbocycles. The van der Waals surface area contributed by atoms with Crippen LogP contribution in [0.25, 0.3) is 0 Å². The number of nitrogens with zero attached hydrogens (tertiary/aromatic N) is 1. The first-order chi connectivity index (χ1) is 8.11. The van der Waals surface area contributed by atoms with Crippen molar-refractivity contribution in [3.63, 3.8) is 0 Å². The van der Waals surface area contributed by atoms with Crippen LogP contribution in [-0.2, 0) is 0 Å². The topological polar surface area (TPSA) is 40.5 Å². The number of aldehydes is 1. The smallest absolute Gasteiger partial charge is 0.151 e. The second-order valence-electron chi connectivity index (χ2n) is 4.60. The van der Waals surface area contributed by atoms with Crippen molar-refractivity contribution in [1.82, 2.24) is 0 Å². The third kappa shape index (κ3) is 2.69. The summed E-state index contributed by atoms with van der Waals surface area (Å²) in [5.41, 5.74) is 1.76. The zero-order valence-electron chi connectivity index (χ0n) is 9.77. The van der Waals surface area contributed by atoms with Crippen molar-refractivity contribution in [2.24, 2.45) is 5.92 Å². The average molecular weight is 298 g/mol. The number of carbonyl (C=O) groups excluding carboxylic acids is 1. The van der Waals surface area contributed by atoms with E-state index in [1.165, 1.54) is 0 Å². The van der Waals surface area contributed by atoms with Crippen LogP contribution in [0.15, 0.2) is 22.7 Å². The van der Waals surface area contributed by atoms with Crippen LogP contribution in [0.1, 0.15) is 23.7 Å². The minimum Gasteiger partial charge on any atom is -0.393 e. The molecule has 0 amide bonds. The van der Waals surface area contributed by atoms with E-state index < -0.39 is 0 Å². The molecule has 1 fully saturated rings. The molecule has 1 heterocycles. The summed E-state index contributed by atoms with van der Waals surface area (Å²) in [6.07, 6.45) is 1.45. The molecule has 2 unspecified atom stereocenters. The lowest BCUT2D eigenvalue weighted by Crippen LogP contribution is -2.41. The Labute approximate surface area is 110 Å². The van der Waals surface area contributed by atoms with Gasteiger partial charge in [0.25, 0.3) is 0 Å². The molecule has 92 valence electrons. The molecule has 3 nitrogen and oxygen atoms in total. The first kappa shape index (κ1) is 12.6. The van der Waals surface area contributed by atoms with Gasteiger partial charge in [0.1, 0.15) is 0 Å². The lowest BCUT2D eigenvalue weighted by molar-refractivity contribution is 0.0971. The van der Waals surface area contributed by atoms with Gasteiger partial charge in [0.05, 0.1) is 6.10 Å². The Morgan fingerprint density at radius 1 is 1.53 bits per heavy atom. The van der Waals surface area contributed by atoms with Crippen LogP contribution >= 0.6 is 15.9 Å². The van der Waals surface area contributed by atoms with Gasteiger partial charge >= 0.3 is 0 Å². The van der Waals surface area contributed by atoms with E-state index >= 15 is 0 Å². The highest BCUT2D eigenvalue weighted by atomic mass is 79.9. The maximum Gasteiger partial charge on any atom is 0.151 e. The lowest BCUT2D eigenvalue weighted by atomic mass is 9.96. The zero-order chi connectivity index (χ0) is 12.4. The second-order valence-corrected chi connectivity index (χ2v) is 5.46. The highest BCUT2D eigenvalue weighted by molar-refractivity contribution is 9.10. The van der Waals surface area contributed by atoms with Gasteiger partial charge in [-0.05, 0) is 46.5 Å². The van der Waals surface area contributed by atoms with Crippen molar-refractivity contribution in [3.8, 4) is 0 Å². The summed E-state index contributed by atoms with van der Waals surface area (Å²) in [7, 11) is 0. The minimum absolute atomic E-state index is 0.191. The Morgan fingerprint density at radius 2 is 2.29 bits per heavy atom. The van der Waals surface area contributed by atoms with E-state index in [2.05, 4.69) is 27.8 Å². The van der Waals surface area contributed by atoms with E-state index in [0.717, 1.165) is 36.0 Å². The summed E-state index contributed by atoms with van der Waals surface area (Å²) >= 11 is 3.39. The predicted octanol–water partition coefficient (Wildman–Crippen LogP) is 2.47. The average Bonchev–Trinajstić information content (AvgIpc) is 2.32. The largest absolute Gasteiger partial charge is 0.393 e. The van der Waals surface area contributed by atoms with E-state index in [1.54, 1.807) is 0 Å². The molecule has 4 heteroatoms. The van der Waals surface area contributed by atoms with Gasteiger partial charge in [0, 0.05) is 28.8 Å². The first-order valence-electron chi connectivity index (χ1n) is 5.79. The zero-order valence-corrected chi connectivity index (χ0v) is 11.4. The molecule has 2 atom stereocenters. The minimum atomic E-state index is -0.191. The summed E-state index contributed by atoms with van der Waals surface area (Å²) in [4.78, 5) is 13.0. The van der Waals surface area contributed by atoms with Crippen molar-refractivity contribution < 1.29 is 9.90 Å². The molecule has 17 heavy (non-hydrogen) atoms. The molecule has 0 saturated carbocycles. The number of halogens is 1. The summed E-state index contributed by atoms with van der Waals surface area (Å²) in [5.74, 6) is 0.285. The van der Waals surface area contributed by atoms with Gasteiger partial charge in [-0.2, -0.15) is 0 Å². The lowest BCUT2D eigenvalue weighted by Gasteiger charge is -2.36. The number of carbonyl (C=O) groups is 1. The van der Waals surface area contributed by atoms with E-state index in [9.17, 15) is 9.90 Å². The van der Waals surface area contributed by atoms with Crippen LogP contribution in [0, 0.1) is 5.92 Å². The molecular weight excluding hydrogens is 282 g/mol. The summed E-state index contributed by atoms with van der Waals surface area (Å²) in [6, 6.07) is 5.75. The predicted molar refractivity (Wildman–Crippen MR) is 71.5 cm³/mol. The second kappa shape index (κ2) is 5.19. The van der Waals surface area contributed by atoms with Crippen LogP contribution in [0.4, 0.5) is 5.69 Å². The van der Waals surface area contributed by atoms with Crippen LogP contribution in [-0.4, -0.2) is 30.6 Å². The van der Waals surface area contributed by atoms with E-state index in [4.69, 9.17) is 0 Å². The number of benzene rings is 1. The van der Waals surface area contributed by atoms with Crippen molar-refractivity contribution in [2.45, 2.75) is 19.4 Å². The van der Waals surface area contributed by atoms with E-state index in [-0.39, 0.29) is 12.0 Å². The summed E-state index contributed by atoms with van der Waals surface area (Å²) < 4.78 is 0.823. The fourth-order valence-electron chi connectivity index (χ4n) is 2.18. The molecule has 0 radical (unpaired) electrons. The molecule has 0 spiro atoms. The molecule has 1 N–H and O–H groups in total. The number of aliphatic hydroxyl groups is 1. The van der Waals surface area contributed by atoms with Crippen LogP contribution in [0.2, 0.25) is 0 Å². The number of hydrogen-bond acceptors (Lipinski definition) is 3. The number of aliphatic hydroxyl groups excluding tert-OH is 1. The van der Waals surface area contributed by atoms with E-state index in [1.807, 2.05) is 18.2 Å². The molecular formula is C13H16BrNO2. The quantitative estimate of drug-likeness (QED) is 0.853. The highest BCUT2D eigenvalue weighted by Gasteiger charge is 2.24. The normalized spacial score (nSPS) is 24.8. The number of rotatable bonds is 2. The molecule has 1 aliphatic rings. The van der Waals surface area contributed by atoms with Gasteiger partial charge < -0.3 is 10.0 Å².